The molecule has 1 saturated heterocycles. The second-order valence-corrected chi connectivity index (χ2v) is 6.23. The highest BCUT2D eigenvalue weighted by Crippen LogP contribution is 2.37. The van der Waals surface area contributed by atoms with Crippen LogP contribution >= 0.6 is 11.3 Å². The lowest BCUT2D eigenvalue weighted by Crippen LogP contribution is -2.30. The highest BCUT2D eigenvalue weighted by atomic mass is 32.1. The number of hydrogen-bond acceptors (Lipinski definition) is 6. The number of nitrogens with zero attached hydrogens (tertiary/aromatic N) is 3. The lowest BCUT2D eigenvalue weighted by Gasteiger charge is -2.24. The zero-order chi connectivity index (χ0) is 13.4. The fourth-order valence-electron chi connectivity index (χ4n) is 2.46. The fraction of sp³-hybridized carbons (Fsp3) is 0.538. The number of thiophene rings is 1. The molecule has 1 aliphatic rings. The third kappa shape index (κ3) is 2.20. The van der Waals surface area contributed by atoms with E-state index in [-0.39, 0.29) is 0 Å². The van der Waals surface area contributed by atoms with Gasteiger partial charge in [-0.05, 0) is 43.8 Å². The van der Waals surface area contributed by atoms with E-state index >= 15 is 0 Å². The van der Waals surface area contributed by atoms with E-state index in [9.17, 15) is 0 Å². The summed E-state index contributed by atoms with van der Waals surface area (Å²) in [4.78, 5) is 7.90. The number of aryl methyl sites for hydroxylation is 1. The number of rotatable bonds is 2. The average Bonchev–Trinajstić information content (AvgIpc) is 2.97. The SMILES string of the molecule is Cc1sc(N)c(-c2nc(N3CCCCC3)no2)c1C. The van der Waals surface area contributed by atoms with Gasteiger partial charge in [0.1, 0.15) is 0 Å². The van der Waals surface area contributed by atoms with E-state index in [1.165, 1.54) is 24.1 Å². The van der Waals surface area contributed by atoms with Crippen LogP contribution in [0.25, 0.3) is 11.5 Å². The number of nitrogen functional groups attached to an aromatic ring is 1. The van der Waals surface area contributed by atoms with Crippen LogP contribution in [0.2, 0.25) is 0 Å². The van der Waals surface area contributed by atoms with E-state index in [4.69, 9.17) is 10.3 Å². The molecule has 0 aromatic carbocycles. The van der Waals surface area contributed by atoms with Crippen LogP contribution in [0.1, 0.15) is 29.7 Å². The number of nitrogens with two attached hydrogens (primary N) is 1. The maximum absolute atomic E-state index is 6.04. The van der Waals surface area contributed by atoms with Gasteiger partial charge in [-0.2, -0.15) is 4.98 Å². The molecule has 0 unspecified atom stereocenters. The molecule has 0 bridgehead atoms. The zero-order valence-corrected chi connectivity index (χ0v) is 12.1. The van der Waals surface area contributed by atoms with Crippen LogP contribution in [-0.4, -0.2) is 23.2 Å². The molecule has 1 aliphatic heterocycles. The molecule has 5 nitrogen and oxygen atoms in total. The van der Waals surface area contributed by atoms with Crippen LogP contribution in [-0.2, 0) is 0 Å². The topological polar surface area (TPSA) is 68.2 Å². The van der Waals surface area contributed by atoms with Gasteiger partial charge in [0.2, 0.25) is 0 Å². The zero-order valence-electron chi connectivity index (χ0n) is 11.3. The van der Waals surface area contributed by atoms with Gasteiger partial charge in [0.15, 0.2) is 0 Å². The Morgan fingerprint density at radius 3 is 2.58 bits per heavy atom. The predicted molar refractivity (Wildman–Crippen MR) is 77.6 cm³/mol. The molecule has 102 valence electrons. The standard InChI is InChI=1S/C13H18N4OS/c1-8-9(2)19-11(14)10(8)12-15-13(16-18-12)17-6-4-3-5-7-17/h3-7,14H2,1-2H3. The predicted octanol–water partition coefficient (Wildman–Crippen LogP) is 2.99. The number of hydrogen-bond donors (Lipinski definition) is 1. The summed E-state index contributed by atoms with van der Waals surface area (Å²) < 4.78 is 5.40. The average molecular weight is 278 g/mol. The summed E-state index contributed by atoms with van der Waals surface area (Å²) >= 11 is 1.57. The van der Waals surface area contributed by atoms with Crippen molar-refractivity contribution in [2.75, 3.05) is 23.7 Å². The Morgan fingerprint density at radius 1 is 1.21 bits per heavy atom. The minimum Gasteiger partial charge on any atom is -0.390 e. The van der Waals surface area contributed by atoms with Crippen molar-refractivity contribution in [1.29, 1.82) is 0 Å². The number of anilines is 2. The van der Waals surface area contributed by atoms with Crippen molar-refractivity contribution in [3.05, 3.63) is 10.4 Å². The summed E-state index contributed by atoms with van der Waals surface area (Å²) in [5, 5.41) is 4.85. The Morgan fingerprint density at radius 2 is 1.95 bits per heavy atom. The maximum Gasteiger partial charge on any atom is 0.266 e. The molecule has 2 aromatic heterocycles. The summed E-state index contributed by atoms with van der Waals surface area (Å²) in [6, 6.07) is 0. The lowest BCUT2D eigenvalue weighted by atomic mass is 10.1. The highest BCUT2D eigenvalue weighted by Gasteiger charge is 2.21. The molecule has 6 heteroatoms. The van der Waals surface area contributed by atoms with Crippen molar-refractivity contribution in [3.63, 3.8) is 0 Å². The molecule has 0 spiro atoms. The summed E-state index contributed by atoms with van der Waals surface area (Å²) in [6.07, 6.45) is 3.68. The minimum absolute atomic E-state index is 0.542. The van der Waals surface area contributed by atoms with Crippen LogP contribution in [0.3, 0.4) is 0 Å². The van der Waals surface area contributed by atoms with Crippen molar-refractivity contribution >= 4 is 22.3 Å². The maximum atomic E-state index is 6.04. The van der Waals surface area contributed by atoms with E-state index < -0.39 is 0 Å². The third-order valence-corrected chi connectivity index (χ3v) is 4.72. The Kier molecular flexibility index (Phi) is 3.18. The molecule has 0 radical (unpaired) electrons. The normalized spacial score (nSPS) is 16.0. The largest absolute Gasteiger partial charge is 0.390 e. The Bertz CT molecular complexity index is 583. The smallest absolute Gasteiger partial charge is 0.266 e. The molecule has 0 aliphatic carbocycles. The number of piperidine rings is 1. The van der Waals surface area contributed by atoms with Crippen LogP contribution < -0.4 is 10.6 Å². The molecule has 0 atom stereocenters. The Hall–Kier alpha value is -1.56. The van der Waals surface area contributed by atoms with Crippen LogP contribution in [0.4, 0.5) is 10.9 Å². The summed E-state index contributed by atoms with van der Waals surface area (Å²) in [5.74, 6) is 1.23. The Labute approximate surface area is 116 Å². The van der Waals surface area contributed by atoms with Gasteiger partial charge in [0.25, 0.3) is 11.8 Å². The van der Waals surface area contributed by atoms with Crippen molar-refractivity contribution < 1.29 is 4.52 Å². The second kappa shape index (κ2) is 4.85. The van der Waals surface area contributed by atoms with Gasteiger partial charge in [-0.25, -0.2) is 0 Å². The van der Waals surface area contributed by atoms with Crippen molar-refractivity contribution in [1.82, 2.24) is 10.1 Å². The van der Waals surface area contributed by atoms with Gasteiger partial charge < -0.3 is 15.2 Å². The van der Waals surface area contributed by atoms with E-state index in [2.05, 4.69) is 22.0 Å². The van der Waals surface area contributed by atoms with Crippen LogP contribution in [0.5, 0.6) is 0 Å². The van der Waals surface area contributed by atoms with Gasteiger partial charge in [-0.1, -0.05) is 0 Å². The quantitative estimate of drug-likeness (QED) is 0.914. The highest BCUT2D eigenvalue weighted by molar-refractivity contribution is 7.16. The molecule has 19 heavy (non-hydrogen) atoms. The Balaban J connectivity index is 1.92. The van der Waals surface area contributed by atoms with Gasteiger partial charge in [0, 0.05) is 18.0 Å². The molecule has 2 aromatic rings. The number of aromatic nitrogens is 2. The summed E-state index contributed by atoms with van der Waals surface area (Å²) in [7, 11) is 0. The molecule has 0 saturated carbocycles. The van der Waals surface area contributed by atoms with Crippen molar-refractivity contribution in [2.24, 2.45) is 0 Å². The molecule has 1 fully saturated rings. The van der Waals surface area contributed by atoms with Gasteiger partial charge in [0.05, 0.1) is 10.6 Å². The molecular weight excluding hydrogens is 260 g/mol. The van der Waals surface area contributed by atoms with Gasteiger partial charge in [-0.3, -0.25) is 0 Å². The summed E-state index contributed by atoms with van der Waals surface area (Å²) in [5.41, 5.74) is 8.08. The van der Waals surface area contributed by atoms with Gasteiger partial charge in [-0.15, -0.1) is 11.3 Å². The first-order valence-corrected chi connectivity index (χ1v) is 7.43. The molecule has 2 N–H and O–H groups in total. The fourth-order valence-corrected chi connectivity index (χ4v) is 3.39. The summed E-state index contributed by atoms with van der Waals surface area (Å²) in [6.45, 7) is 6.12. The van der Waals surface area contributed by atoms with E-state index in [0.717, 1.165) is 29.2 Å². The molecule has 0 amide bonds. The molecule has 3 rings (SSSR count). The lowest BCUT2D eigenvalue weighted by molar-refractivity contribution is 0.426. The molecule has 3 heterocycles. The van der Waals surface area contributed by atoms with Crippen LogP contribution in [0, 0.1) is 13.8 Å². The first-order valence-electron chi connectivity index (χ1n) is 6.61. The molecular formula is C13H18N4OS. The second-order valence-electron chi connectivity index (χ2n) is 4.97. The van der Waals surface area contributed by atoms with E-state index in [1.807, 2.05) is 6.92 Å². The third-order valence-electron chi connectivity index (χ3n) is 3.68. The van der Waals surface area contributed by atoms with Crippen LogP contribution in [0.15, 0.2) is 4.52 Å². The monoisotopic (exact) mass is 278 g/mol. The minimum atomic E-state index is 0.542. The van der Waals surface area contributed by atoms with Crippen molar-refractivity contribution in [3.8, 4) is 11.5 Å². The van der Waals surface area contributed by atoms with Crippen molar-refractivity contribution in [2.45, 2.75) is 33.1 Å². The van der Waals surface area contributed by atoms with E-state index in [1.54, 1.807) is 11.3 Å². The first kappa shape index (κ1) is 12.5. The van der Waals surface area contributed by atoms with E-state index in [0.29, 0.717) is 11.8 Å². The van der Waals surface area contributed by atoms with Gasteiger partial charge >= 0.3 is 0 Å². The first-order chi connectivity index (χ1) is 9.16.